The molecule has 1 fully saturated rings. The van der Waals surface area contributed by atoms with Gasteiger partial charge in [-0.15, -0.1) is 0 Å². The molecule has 0 spiro atoms. The highest BCUT2D eigenvalue weighted by molar-refractivity contribution is 6.11. The Morgan fingerprint density at radius 1 is 1.04 bits per heavy atom. The fraction of sp³-hybridized carbons (Fsp3) is 0.409. The molecule has 5 nitrogen and oxygen atoms in total. The molecule has 28 heavy (non-hydrogen) atoms. The van der Waals surface area contributed by atoms with Gasteiger partial charge in [-0.2, -0.15) is 0 Å². The highest BCUT2D eigenvalue weighted by Crippen LogP contribution is 2.32. The number of hydrogen-bond donors (Lipinski definition) is 2. The van der Waals surface area contributed by atoms with E-state index >= 15 is 0 Å². The summed E-state index contributed by atoms with van der Waals surface area (Å²) in [4.78, 5) is 36.4. The molecule has 3 aliphatic rings. The van der Waals surface area contributed by atoms with E-state index < -0.39 is 0 Å². The van der Waals surface area contributed by atoms with Crippen molar-refractivity contribution in [2.75, 3.05) is 13.1 Å². The summed E-state index contributed by atoms with van der Waals surface area (Å²) in [6, 6.07) is 3.16. The molecular weight excluding hydrogens is 359 g/mol. The minimum absolute atomic E-state index is 0.139. The molecular formula is C22H23FN2O3. The van der Waals surface area contributed by atoms with Crippen LogP contribution in [0, 0.1) is 11.7 Å². The van der Waals surface area contributed by atoms with E-state index in [1.807, 2.05) is 6.08 Å². The number of fused-ring (bicyclic) bond motifs is 1. The first kappa shape index (κ1) is 18.7. The predicted molar refractivity (Wildman–Crippen MR) is 103 cm³/mol. The summed E-state index contributed by atoms with van der Waals surface area (Å²) in [5, 5.41) is 5.62. The molecule has 2 amide bonds. The molecule has 2 heterocycles. The van der Waals surface area contributed by atoms with E-state index in [0.29, 0.717) is 47.9 Å². The van der Waals surface area contributed by atoms with E-state index in [2.05, 4.69) is 10.6 Å². The Balaban J connectivity index is 1.58. The Hall–Kier alpha value is -2.60. The number of rotatable bonds is 3. The molecule has 1 aromatic carbocycles. The van der Waals surface area contributed by atoms with Crippen molar-refractivity contribution < 1.29 is 18.8 Å². The number of hydrogen-bond acceptors (Lipinski definition) is 4. The third kappa shape index (κ3) is 3.69. The number of carbonyl (C=O) groups excluding carboxylic acids is 3. The minimum Gasteiger partial charge on any atom is -0.316 e. The van der Waals surface area contributed by atoms with E-state index in [1.165, 1.54) is 6.07 Å². The smallest absolute Gasteiger partial charge is 0.230 e. The zero-order chi connectivity index (χ0) is 19.7. The van der Waals surface area contributed by atoms with Crippen LogP contribution in [0.3, 0.4) is 0 Å². The van der Waals surface area contributed by atoms with Crippen LogP contribution in [-0.2, 0) is 16.0 Å². The second-order valence-corrected chi connectivity index (χ2v) is 7.62. The number of benzene rings is 1. The first-order valence-corrected chi connectivity index (χ1v) is 9.83. The van der Waals surface area contributed by atoms with Crippen molar-refractivity contribution in [2.45, 2.75) is 38.5 Å². The Bertz CT molecular complexity index is 917. The minimum atomic E-state index is -0.370. The zero-order valence-electron chi connectivity index (χ0n) is 15.6. The number of amides is 2. The van der Waals surface area contributed by atoms with Gasteiger partial charge in [0.05, 0.1) is 0 Å². The van der Waals surface area contributed by atoms with Gasteiger partial charge in [0, 0.05) is 23.5 Å². The van der Waals surface area contributed by atoms with Crippen molar-refractivity contribution in [2.24, 2.45) is 5.92 Å². The van der Waals surface area contributed by atoms with Crippen molar-refractivity contribution in [3.63, 3.8) is 0 Å². The Morgan fingerprint density at radius 3 is 2.71 bits per heavy atom. The van der Waals surface area contributed by atoms with Crippen LogP contribution in [0.25, 0.3) is 5.57 Å². The largest absolute Gasteiger partial charge is 0.316 e. The fourth-order valence-corrected chi connectivity index (χ4v) is 4.16. The maximum atomic E-state index is 14.7. The van der Waals surface area contributed by atoms with E-state index in [1.54, 1.807) is 12.1 Å². The monoisotopic (exact) mass is 382 g/mol. The van der Waals surface area contributed by atoms with E-state index in [9.17, 15) is 18.8 Å². The molecule has 0 radical (unpaired) electrons. The van der Waals surface area contributed by atoms with Gasteiger partial charge in [-0.1, -0.05) is 12.2 Å². The molecule has 6 heteroatoms. The second kappa shape index (κ2) is 7.80. The average Bonchev–Trinajstić information content (AvgIpc) is 2.95. The van der Waals surface area contributed by atoms with Crippen LogP contribution < -0.4 is 10.6 Å². The Labute approximate surface area is 163 Å². The van der Waals surface area contributed by atoms with E-state index in [0.717, 1.165) is 31.5 Å². The Morgan fingerprint density at radius 2 is 1.89 bits per heavy atom. The van der Waals surface area contributed by atoms with Gasteiger partial charge < -0.3 is 5.32 Å². The summed E-state index contributed by atoms with van der Waals surface area (Å²) in [5.74, 6) is -1.38. The van der Waals surface area contributed by atoms with Gasteiger partial charge in [-0.25, -0.2) is 4.39 Å². The number of Topliss-reactive ketones (excluding diaryl/α,β-unsaturated/α-hetero) is 1. The molecule has 1 aromatic rings. The fourth-order valence-electron chi connectivity index (χ4n) is 4.16. The lowest BCUT2D eigenvalue weighted by Crippen LogP contribution is -2.41. The van der Waals surface area contributed by atoms with Crippen LogP contribution in [0.5, 0.6) is 0 Å². The summed E-state index contributed by atoms with van der Waals surface area (Å²) in [6.07, 6.45) is 6.94. The maximum Gasteiger partial charge on any atom is 0.230 e. The van der Waals surface area contributed by atoms with E-state index in [4.69, 9.17) is 0 Å². The lowest BCUT2D eigenvalue weighted by Gasteiger charge is -2.24. The SMILES string of the molecule is O=C1CCC(CC2=CCc3cc(F)c(C4=CCCNCC4)cc3C2=O)C(=O)N1. The zero-order valence-corrected chi connectivity index (χ0v) is 15.6. The summed E-state index contributed by atoms with van der Waals surface area (Å²) in [7, 11) is 0. The van der Waals surface area contributed by atoms with Gasteiger partial charge >= 0.3 is 0 Å². The van der Waals surface area contributed by atoms with Gasteiger partial charge in [-0.05, 0) is 74.0 Å². The summed E-state index contributed by atoms with van der Waals surface area (Å²) in [6.45, 7) is 1.66. The van der Waals surface area contributed by atoms with Gasteiger partial charge in [0.25, 0.3) is 0 Å². The molecule has 1 saturated heterocycles. The number of allylic oxidation sites excluding steroid dienone is 2. The van der Waals surface area contributed by atoms with Crippen LogP contribution in [0.4, 0.5) is 4.39 Å². The lowest BCUT2D eigenvalue weighted by atomic mass is 9.82. The standard InChI is InChI=1S/C22H23FN2O3/c23-19-11-14-3-4-15(10-16-5-6-20(26)25-22(16)28)21(27)18(14)12-17(19)13-2-1-8-24-9-7-13/h2,4,11-12,16,24H,1,3,5-10H2,(H,25,26,28). The topological polar surface area (TPSA) is 75.3 Å². The number of halogens is 1. The number of piperidine rings is 1. The van der Waals surface area contributed by atoms with Crippen LogP contribution in [0.15, 0.2) is 29.9 Å². The highest BCUT2D eigenvalue weighted by Gasteiger charge is 2.31. The first-order chi connectivity index (χ1) is 13.5. The molecule has 0 aromatic heterocycles. The molecule has 4 rings (SSSR count). The van der Waals surface area contributed by atoms with Crippen molar-refractivity contribution in [3.05, 3.63) is 52.4 Å². The molecule has 146 valence electrons. The van der Waals surface area contributed by atoms with Crippen LogP contribution in [0.2, 0.25) is 0 Å². The molecule has 1 unspecified atom stereocenters. The van der Waals surface area contributed by atoms with Gasteiger partial charge in [-0.3, -0.25) is 19.7 Å². The third-order valence-corrected chi connectivity index (χ3v) is 5.75. The highest BCUT2D eigenvalue weighted by atomic mass is 19.1. The summed E-state index contributed by atoms with van der Waals surface area (Å²) in [5.41, 5.74) is 3.22. The molecule has 0 saturated carbocycles. The number of nitrogens with one attached hydrogen (secondary N) is 2. The normalized spacial score (nSPS) is 22.8. The first-order valence-electron chi connectivity index (χ1n) is 9.83. The molecule has 2 aliphatic heterocycles. The van der Waals surface area contributed by atoms with Gasteiger partial charge in [0.2, 0.25) is 11.8 Å². The second-order valence-electron chi connectivity index (χ2n) is 7.62. The predicted octanol–water partition coefficient (Wildman–Crippen LogP) is 2.70. The molecule has 2 N–H and O–H groups in total. The van der Waals surface area contributed by atoms with Crippen molar-refractivity contribution in [3.8, 4) is 0 Å². The molecule has 1 atom stereocenters. The van der Waals surface area contributed by atoms with Gasteiger partial charge in [0.15, 0.2) is 5.78 Å². The van der Waals surface area contributed by atoms with Crippen molar-refractivity contribution in [1.29, 1.82) is 0 Å². The van der Waals surface area contributed by atoms with Crippen LogP contribution >= 0.6 is 0 Å². The van der Waals surface area contributed by atoms with Crippen molar-refractivity contribution >= 4 is 23.2 Å². The van der Waals surface area contributed by atoms with Crippen LogP contribution in [0.1, 0.15) is 53.6 Å². The van der Waals surface area contributed by atoms with Crippen LogP contribution in [-0.4, -0.2) is 30.7 Å². The summed E-state index contributed by atoms with van der Waals surface area (Å²) >= 11 is 0. The van der Waals surface area contributed by atoms with Gasteiger partial charge in [0.1, 0.15) is 5.82 Å². The molecule has 0 bridgehead atoms. The number of ketones is 1. The van der Waals surface area contributed by atoms with Crippen molar-refractivity contribution in [1.82, 2.24) is 10.6 Å². The lowest BCUT2D eigenvalue weighted by molar-refractivity contribution is -0.136. The number of imide groups is 1. The maximum absolute atomic E-state index is 14.7. The third-order valence-electron chi connectivity index (χ3n) is 5.75. The molecule has 1 aliphatic carbocycles. The van der Waals surface area contributed by atoms with E-state index in [-0.39, 0.29) is 29.3 Å². The number of carbonyl (C=O) groups is 3. The quantitative estimate of drug-likeness (QED) is 0.789. The Kier molecular flexibility index (Phi) is 5.22. The summed E-state index contributed by atoms with van der Waals surface area (Å²) < 4.78 is 14.7. The average molecular weight is 382 g/mol.